The first kappa shape index (κ1) is 15.5. The molecule has 0 amide bonds. The molecule has 106 valence electrons. The molecule has 0 fully saturated rings. The van der Waals surface area contributed by atoms with Crippen LogP contribution in [0.25, 0.3) is 0 Å². The Morgan fingerprint density at radius 1 is 1.00 bits per heavy atom. The third-order valence-electron chi connectivity index (χ3n) is 2.93. The predicted octanol–water partition coefficient (Wildman–Crippen LogP) is 5.45. The van der Waals surface area contributed by atoms with Crippen LogP contribution in [0.15, 0.2) is 40.9 Å². The SMILES string of the molecule is COc1ccc(C(Cl)c2cc(Br)ccc2Cl)cc1OC. The van der Waals surface area contributed by atoms with E-state index in [2.05, 4.69) is 15.9 Å². The van der Waals surface area contributed by atoms with Gasteiger partial charge in [0.25, 0.3) is 0 Å². The lowest BCUT2D eigenvalue weighted by atomic mass is 10.0. The maximum Gasteiger partial charge on any atom is 0.161 e. The minimum Gasteiger partial charge on any atom is -0.493 e. The van der Waals surface area contributed by atoms with Crippen molar-refractivity contribution >= 4 is 39.1 Å². The van der Waals surface area contributed by atoms with Crippen LogP contribution in [0, 0.1) is 0 Å². The van der Waals surface area contributed by atoms with E-state index in [-0.39, 0.29) is 5.38 Å². The van der Waals surface area contributed by atoms with Crippen LogP contribution in [0.1, 0.15) is 16.5 Å². The van der Waals surface area contributed by atoms with Gasteiger partial charge in [-0.25, -0.2) is 0 Å². The lowest BCUT2D eigenvalue weighted by Crippen LogP contribution is -1.97. The summed E-state index contributed by atoms with van der Waals surface area (Å²) in [6.45, 7) is 0. The summed E-state index contributed by atoms with van der Waals surface area (Å²) in [7, 11) is 3.19. The second kappa shape index (κ2) is 6.70. The number of halogens is 3. The lowest BCUT2D eigenvalue weighted by molar-refractivity contribution is 0.354. The molecule has 0 radical (unpaired) electrons. The van der Waals surface area contributed by atoms with Gasteiger partial charge in [0, 0.05) is 9.50 Å². The van der Waals surface area contributed by atoms with Crippen molar-refractivity contribution in [1.82, 2.24) is 0 Å². The van der Waals surface area contributed by atoms with Crippen LogP contribution < -0.4 is 9.47 Å². The molecule has 2 aromatic carbocycles. The van der Waals surface area contributed by atoms with Gasteiger partial charge in [-0.2, -0.15) is 0 Å². The molecule has 0 aliphatic rings. The van der Waals surface area contributed by atoms with E-state index in [1.165, 1.54) is 0 Å². The molecule has 0 bridgehead atoms. The molecule has 20 heavy (non-hydrogen) atoms. The first-order valence-electron chi connectivity index (χ1n) is 5.87. The first-order chi connectivity index (χ1) is 9.56. The molecule has 0 saturated heterocycles. The van der Waals surface area contributed by atoms with Crippen molar-refractivity contribution in [3.05, 3.63) is 57.0 Å². The number of methoxy groups -OCH3 is 2. The van der Waals surface area contributed by atoms with Gasteiger partial charge in [0.05, 0.1) is 19.6 Å². The molecule has 0 aliphatic heterocycles. The topological polar surface area (TPSA) is 18.5 Å². The minimum atomic E-state index is -0.361. The number of benzene rings is 2. The Balaban J connectivity index is 2.42. The smallest absolute Gasteiger partial charge is 0.161 e. The first-order valence-corrected chi connectivity index (χ1v) is 7.48. The van der Waals surface area contributed by atoms with E-state index in [9.17, 15) is 0 Å². The normalized spacial score (nSPS) is 12.1. The van der Waals surface area contributed by atoms with Crippen LogP contribution in [-0.4, -0.2) is 14.2 Å². The highest BCUT2D eigenvalue weighted by Crippen LogP contribution is 2.38. The summed E-state index contributed by atoms with van der Waals surface area (Å²) in [5, 5.41) is 0.266. The zero-order valence-corrected chi connectivity index (χ0v) is 14.1. The third-order valence-corrected chi connectivity index (χ3v) is 4.26. The van der Waals surface area contributed by atoms with E-state index in [4.69, 9.17) is 32.7 Å². The summed E-state index contributed by atoms with van der Waals surface area (Å²) in [6.07, 6.45) is 0. The lowest BCUT2D eigenvalue weighted by Gasteiger charge is -2.15. The third kappa shape index (κ3) is 3.22. The molecule has 5 heteroatoms. The molecule has 2 nitrogen and oxygen atoms in total. The molecule has 0 heterocycles. The zero-order chi connectivity index (χ0) is 14.7. The number of ether oxygens (including phenoxy) is 2. The van der Waals surface area contributed by atoms with Crippen molar-refractivity contribution in [2.24, 2.45) is 0 Å². The van der Waals surface area contributed by atoms with Crippen LogP contribution in [0.4, 0.5) is 0 Å². The van der Waals surface area contributed by atoms with Gasteiger partial charge in [-0.3, -0.25) is 0 Å². The van der Waals surface area contributed by atoms with Gasteiger partial charge in [-0.1, -0.05) is 33.6 Å². The average molecular weight is 376 g/mol. The molecule has 0 aromatic heterocycles. The van der Waals surface area contributed by atoms with Crippen LogP contribution in [-0.2, 0) is 0 Å². The second-order valence-corrected chi connectivity index (χ2v) is 5.90. The van der Waals surface area contributed by atoms with Gasteiger partial charge in [0.2, 0.25) is 0 Å². The summed E-state index contributed by atoms with van der Waals surface area (Å²) >= 11 is 16.2. The molecular weight excluding hydrogens is 363 g/mol. The average Bonchev–Trinajstić information content (AvgIpc) is 2.48. The summed E-state index contributed by atoms with van der Waals surface area (Å²) in [6, 6.07) is 11.2. The van der Waals surface area contributed by atoms with Crippen molar-refractivity contribution < 1.29 is 9.47 Å². The highest BCUT2D eigenvalue weighted by atomic mass is 79.9. The van der Waals surface area contributed by atoms with E-state index in [1.54, 1.807) is 14.2 Å². The van der Waals surface area contributed by atoms with Crippen molar-refractivity contribution in [1.29, 1.82) is 0 Å². The summed E-state index contributed by atoms with van der Waals surface area (Å²) in [5.41, 5.74) is 1.74. The van der Waals surface area contributed by atoms with Crippen LogP contribution in [0.2, 0.25) is 5.02 Å². The van der Waals surface area contributed by atoms with Gasteiger partial charge in [-0.15, -0.1) is 11.6 Å². The quantitative estimate of drug-likeness (QED) is 0.661. The Hall–Kier alpha value is -0.900. The summed E-state index contributed by atoms with van der Waals surface area (Å²) in [4.78, 5) is 0. The fourth-order valence-corrected chi connectivity index (χ4v) is 2.88. The molecule has 0 aliphatic carbocycles. The number of hydrogen-bond acceptors (Lipinski definition) is 2. The van der Waals surface area contributed by atoms with Gasteiger partial charge in [0.15, 0.2) is 11.5 Å². The van der Waals surface area contributed by atoms with E-state index in [1.807, 2.05) is 36.4 Å². The van der Waals surface area contributed by atoms with Gasteiger partial charge < -0.3 is 9.47 Å². The fourth-order valence-electron chi connectivity index (χ4n) is 1.90. The maximum absolute atomic E-state index is 6.53. The summed E-state index contributed by atoms with van der Waals surface area (Å²) in [5.74, 6) is 1.31. The van der Waals surface area contributed by atoms with Gasteiger partial charge in [-0.05, 0) is 41.5 Å². The monoisotopic (exact) mass is 374 g/mol. The van der Waals surface area contributed by atoms with E-state index >= 15 is 0 Å². The number of hydrogen-bond donors (Lipinski definition) is 0. The fraction of sp³-hybridized carbons (Fsp3) is 0.200. The highest BCUT2D eigenvalue weighted by Gasteiger charge is 2.17. The molecule has 0 saturated carbocycles. The second-order valence-electron chi connectivity index (χ2n) is 4.14. The Bertz CT molecular complexity index is 617. The zero-order valence-electron chi connectivity index (χ0n) is 11.0. The van der Waals surface area contributed by atoms with E-state index in [0.717, 1.165) is 15.6 Å². The van der Waals surface area contributed by atoms with Gasteiger partial charge in [0.1, 0.15) is 0 Å². The van der Waals surface area contributed by atoms with E-state index in [0.29, 0.717) is 16.5 Å². The predicted molar refractivity (Wildman–Crippen MR) is 86.4 cm³/mol. The van der Waals surface area contributed by atoms with E-state index < -0.39 is 0 Å². The van der Waals surface area contributed by atoms with Crippen molar-refractivity contribution in [2.45, 2.75) is 5.38 Å². The maximum atomic E-state index is 6.53. The molecule has 1 atom stereocenters. The standard InChI is InChI=1S/C15H13BrCl2O2/c1-19-13-6-3-9(7-14(13)20-2)15(18)11-8-10(16)4-5-12(11)17/h3-8,15H,1-2H3. The largest absolute Gasteiger partial charge is 0.493 e. The minimum absolute atomic E-state index is 0.361. The van der Waals surface area contributed by atoms with Gasteiger partial charge >= 0.3 is 0 Å². The molecular formula is C15H13BrCl2O2. The molecule has 0 N–H and O–H groups in total. The van der Waals surface area contributed by atoms with Crippen molar-refractivity contribution in [2.75, 3.05) is 14.2 Å². The van der Waals surface area contributed by atoms with Crippen LogP contribution in [0.5, 0.6) is 11.5 Å². The Labute approximate surface area is 136 Å². The molecule has 1 unspecified atom stereocenters. The van der Waals surface area contributed by atoms with Crippen LogP contribution >= 0.6 is 39.1 Å². The van der Waals surface area contributed by atoms with Crippen molar-refractivity contribution in [3.8, 4) is 11.5 Å². The Morgan fingerprint density at radius 3 is 2.35 bits per heavy atom. The highest BCUT2D eigenvalue weighted by molar-refractivity contribution is 9.10. The molecule has 2 rings (SSSR count). The Kier molecular flexibility index (Phi) is 5.19. The van der Waals surface area contributed by atoms with Crippen LogP contribution in [0.3, 0.4) is 0 Å². The molecule has 0 spiro atoms. The number of rotatable bonds is 4. The molecule has 2 aromatic rings. The summed E-state index contributed by atoms with van der Waals surface area (Å²) < 4.78 is 11.4. The van der Waals surface area contributed by atoms with Crippen molar-refractivity contribution in [3.63, 3.8) is 0 Å². The Morgan fingerprint density at radius 2 is 1.70 bits per heavy atom. The number of alkyl halides is 1.